The van der Waals surface area contributed by atoms with Crippen molar-refractivity contribution < 1.29 is 13.8 Å². The van der Waals surface area contributed by atoms with Crippen LogP contribution in [0.5, 0.6) is 0 Å². The van der Waals surface area contributed by atoms with Crippen molar-refractivity contribution in [2.24, 2.45) is 11.5 Å². The van der Waals surface area contributed by atoms with E-state index in [1.54, 1.807) is 0 Å². The maximum absolute atomic E-state index is 12.3. The Morgan fingerprint density at radius 3 is 1.19 bits per heavy atom. The molecule has 148 valence electrons. The van der Waals surface area contributed by atoms with E-state index in [4.69, 9.17) is 20.7 Å². The molecule has 0 aromatic rings. The van der Waals surface area contributed by atoms with Crippen molar-refractivity contribution in [2.75, 3.05) is 58.5 Å². The van der Waals surface area contributed by atoms with Crippen LogP contribution in [0.2, 0.25) is 0 Å². The molecule has 20 heteroatoms. The molecule has 0 saturated carbocycles. The minimum absolute atomic E-state index is 0. The molecule has 0 atom stereocenters. The van der Waals surface area contributed by atoms with Gasteiger partial charge in [0.25, 0.3) is 0 Å². The van der Waals surface area contributed by atoms with Crippen molar-refractivity contribution in [1.82, 2.24) is 21.6 Å². The second-order valence-electron chi connectivity index (χ2n) is 4.38. The van der Waals surface area contributed by atoms with Crippen molar-refractivity contribution in [3.05, 3.63) is 0 Å². The molecule has 0 aliphatic heterocycles. The van der Waals surface area contributed by atoms with Gasteiger partial charge in [-0.15, -0.1) is 0 Å². The summed E-state index contributed by atoms with van der Waals surface area (Å²) >= 11 is 0. The monoisotopic (exact) mass is 566 g/mol. The molecule has 0 aliphatic rings. The Kier molecular flexibility index (Phi) is 139. The molecule has 0 bridgehead atoms. The van der Waals surface area contributed by atoms with Gasteiger partial charge in [-0.3, -0.25) is 4.57 Å². The van der Waals surface area contributed by atoms with Gasteiger partial charge in [0.2, 0.25) is 0 Å². The van der Waals surface area contributed by atoms with Gasteiger partial charge in [-0.1, -0.05) is 6.92 Å². The molecule has 0 heterocycles. The molecule has 0 aliphatic carbocycles. The summed E-state index contributed by atoms with van der Waals surface area (Å²) in [6, 6.07) is 0. The third-order valence-electron chi connectivity index (χ3n) is 2.35. The van der Waals surface area contributed by atoms with Gasteiger partial charge in [-0.2, -0.15) is 11.0 Å². The van der Waals surface area contributed by atoms with Crippen molar-refractivity contribution in [1.29, 1.82) is 0 Å². The standard InChI is InChI=1S/C11H31N6O3P.10Na.10H/c1-2-11-21(18,19-16-9-7-14-5-3-12)20-17-10-8-15-6-4-13;;;;;;;;;;;;;;;;;;;;/h14-17H,2-13H2,1H3;;;;;;;;;;;;;;;;;;;;. The van der Waals surface area contributed by atoms with Gasteiger partial charge in [0.05, 0.1) is 6.16 Å². The number of rotatable bonds is 16. The zero-order chi connectivity index (χ0) is 15.8. The first-order valence-corrected chi connectivity index (χ1v) is 9.15. The number of hydroxylamine groups is 2. The van der Waals surface area contributed by atoms with Crippen LogP contribution in [-0.2, 0) is 13.8 Å². The van der Waals surface area contributed by atoms with E-state index in [-0.39, 0.29) is 296 Å². The van der Waals surface area contributed by atoms with Crippen molar-refractivity contribution in [3.8, 4) is 0 Å². The third kappa shape index (κ3) is 56.3. The summed E-state index contributed by atoms with van der Waals surface area (Å²) in [4.78, 5) is 0. The number of hydrogen-bond acceptors (Lipinski definition) is 9. The van der Waals surface area contributed by atoms with E-state index in [2.05, 4.69) is 21.6 Å². The molecule has 0 saturated heterocycles. The van der Waals surface area contributed by atoms with Crippen LogP contribution in [0.4, 0.5) is 0 Å². The predicted molar refractivity (Wildman–Crippen MR) is 156 cm³/mol. The van der Waals surface area contributed by atoms with Crippen molar-refractivity contribution in [2.45, 2.75) is 13.3 Å². The molecule has 9 nitrogen and oxygen atoms in total. The second-order valence-corrected chi connectivity index (χ2v) is 6.42. The van der Waals surface area contributed by atoms with Gasteiger partial charge in [0.15, 0.2) is 0 Å². The van der Waals surface area contributed by atoms with E-state index in [0.717, 1.165) is 13.1 Å². The fourth-order valence-corrected chi connectivity index (χ4v) is 2.75. The summed E-state index contributed by atoms with van der Waals surface area (Å²) in [6.07, 6.45) is 1.05. The molecular formula is C11H41N6Na10O3P. The fourth-order valence-electron chi connectivity index (χ4n) is 1.40. The first kappa shape index (κ1) is 72.8. The van der Waals surface area contributed by atoms with Gasteiger partial charge in [-0.25, -0.2) is 9.25 Å². The number of nitrogens with one attached hydrogen (secondary N) is 4. The summed E-state index contributed by atoms with van der Waals surface area (Å²) < 4.78 is 22.7. The molecule has 0 aromatic heterocycles. The fraction of sp³-hybridized carbons (Fsp3) is 1.00. The van der Waals surface area contributed by atoms with E-state index in [9.17, 15) is 4.57 Å². The third-order valence-corrected chi connectivity index (χ3v) is 4.16. The molecule has 0 unspecified atom stereocenters. The zero-order valence-electron chi connectivity index (χ0n) is 12.9. The Morgan fingerprint density at radius 1 is 0.613 bits per heavy atom. The van der Waals surface area contributed by atoms with Crippen LogP contribution in [0, 0.1) is 0 Å². The topological polar surface area (TPSA) is 136 Å². The normalized spacial score (nSPS) is 8.10. The van der Waals surface area contributed by atoms with E-state index in [0.29, 0.717) is 51.9 Å². The van der Waals surface area contributed by atoms with Crippen LogP contribution in [-0.4, -0.2) is 354 Å². The van der Waals surface area contributed by atoms with Crippen LogP contribution in [0.15, 0.2) is 0 Å². The Hall–Kier alpha value is 9.91. The van der Waals surface area contributed by atoms with E-state index in [1.807, 2.05) is 6.92 Å². The van der Waals surface area contributed by atoms with Gasteiger partial charge in [-0.05, 0) is 6.42 Å². The Balaban J connectivity index is -0.0000000444. The summed E-state index contributed by atoms with van der Waals surface area (Å²) in [5.41, 5.74) is 16.0. The predicted octanol–water partition coefficient (Wildman–Crippen LogP) is -7.76. The van der Waals surface area contributed by atoms with Crippen LogP contribution in [0.25, 0.3) is 0 Å². The van der Waals surface area contributed by atoms with E-state index < -0.39 is 7.60 Å². The molecule has 8 N–H and O–H groups in total. The first-order chi connectivity index (χ1) is 10.2. The van der Waals surface area contributed by atoms with Gasteiger partial charge in [0, 0.05) is 52.4 Å². The minimum atomic E-state index is -3.16. The molecular weight excluding hydrogens is 525 g/mol. The first-order valence-electron chi connectivity index (χ1n) is 7.42. The quantitative estimate of drug-likeness (QED) is 0.0467. The summed E-state index contributed by atoms with van der Waals surface area (Å²) in [5, 5.41) is 6.19. The van der Waals surface area contributed by atoms with Crippen molar-refractivity contribution >= 4 is 303 Å². The summed E-state index contributed by atoms with van der Waals surface area (Å²) in [6.45, 7) is 6.97. The van der Waals surface area contributed by atoms with Crippen LogP contribution >= 0.6 is 7.60 Å². The van der Waals surface area contributed by atoms with Crippen LogP contribution in [0.3, 0.4) is 0 Å². The Bertz CT molecular complexity index is 280. The average Bonchev–Trinajstić information content (AvgIpc) is 2.47. The molecule has 0 amide bonds. The maximum atomic E-state index is 12.3. The SMILES string of the molecule is CCCP(=O)(ONCCNCCN)ONCCNCCN.[NaH].[NaH].[NaH].[NaH].[NaH].[NaH].[NaH].[NaH].[NaH].[NaH]. The van der Waals surface area contributed by atoms with E-state index in [1.165, 1.54) is 0 Å². The molecule has 0 rings (SSSR count). The van der Waals surface area contributed by atoms with Gasteiger partial charge < -0.3 is 22.1 Å². The number of hydrogen-bond donors (Lipinski definition) is 6. The summed E-state index contributed by atoms with van der Waals surface area (Å²) in [7, 11) is -3.16. The van der Waals surface area contributed by atoms with Crippen LogP contribution < -0.4 is 33.1 Å². The Morgan fingerprint density at radius 2 is 0.935 bits per heavy atom. The molecule has 0 fully saturated rings. The van der Waals surface area contributed by atoms with Crippen molar-refractivity contribution in [3.63, 3.8) is 0 Å². The second kappa shape index (κ2) is 59.3. The Labute approximate surface area is 411 Å². The van der Waals surface area contributed by atoms with Crippen LogP contribution in [0.1, 0.15) is 13.3 Å². The van der Waals surface area contributed by atoms with Gasteiger partial charge in [0.1, 0.15) is 0 Å². The average molecular weight is 566 g/mol. The molecule has 0 radical (unpaired) electrons. The van der Waals surface area contributed by atoms with Gasteiger partial charge >= 0.3 is 303 Å². The summed E-state index contributed by atoms with van der Waals surface area (Å²) in [5.74, 6) is 0. The zero-order valence-corrected chi connectivity index (χ0v) is 13.8. The molecule has 0 spiro atoms. The number of nitrogens with two attached hydrogens (primary N) is 2. The molecule has 31 heavy (non-hydrogen) atoms. The molecule has 0 aromatic carbocycles. The van der Waals surface area contributed by atoms with E-state index >= 15 is 0 Å².